The number of aliphatic hydroxyl groups is 1. The molecule has 666 valence electrons. The van der Waals surface area contributed by atoms with Crippen molar-refractivity contribution in [2.24, 2.45) is 35.3 Å². The van der Waals surface area contributed by atoms with E-state index in [1.807, 2.05) is 80.6 Å². The van der Waals surface area contributed by atoms with Gasteiger partial charge >= 0.3 is 12.1 Å². The molecule has 31 heteroatoms. The predicted octanol–water partition coefficient (Wildman–Crippen LogP) is 7.67. The van der Waals surface area contributed by atoms with Crippen molar-refractivity contribution in [1.82, 2.24) is 46.6 Å². The highest BCUT2D eigenvalue weighted by Gasteiger charge is 2.44. The summed E-state index contributed by atoms with van der Waals surface area (Å²) in [5.41, 5.74) is 10.3. The molecule has 12 atom stereocenters. The minimum Gasteiger partial charge on any atom is -0.445 e. The fraction of sp³-hybridized carbons (Fsp3) is 0.589. The van der Waals surface area contributed by atoms with Gasteiger partial charge in [0.25, 0.3) is 0 Å². The second kappa shape index (κ2) is 52.3. The van der Waals surface area contributed by atoms with Crippen LogP contribution in [0.5, 0.6) is 0 Å². The number of methoxy groups -OCH3 is 2. The number of anilines is 2. The highest BCUT2D eigenvalue weighted by molar-refractivity contribution is 5.99. The van der Waals surface area contributed by atoms with E-state index < -0.39 is 126 Å². The Kier molecular flexibility index (Phi) is 43.1. The molecule has 0 aliphatic carbocycles. The van der Waals surface area contributed by atoms with Gasteiger partial charge < -0.3 is 95.9 Å². The second-order valence-corrected chi connectivity index (χ2v) is 32.0. The Bertz CT molecular complexity index is 4030. The maximum Gasteiger partial charge on any atom is 0.410 e. The number of hydrogen-bond acceptors (Lipinski definition) is 19. The van der Waals surface area contributed by atoms with Crippen molar-refractivity contribution >= 4 is 76.7 Å². The minimum absolute atomic E-state index is 0.0191. The van der Waals surface area contributed by atoms with E-state index in [4.69, 9.17) is 38.9 Å². The third kappa shape index (κ3) is 32.0. The number of likely N-dealkylation sites (N-methyl/N-ethyl adjacent to an activating group) is 2. The van der Waals surface area contributed by atoms with Gasteiger partial charge in [0.15, 0.2) is 0 Å². The number of fused-ring (bicyclic) bond motifs is 2. The van der Waals surface area contributed by atoms with Crippen molar-refractivity contribution in [3.8, 4) is 11.8 Å². The van der Waals surface area contributed by atoms with Crippen molar-refractivity contribution in [3.63, 3.8) is 0 Å². The van der Waals surface area contributed by atoms with Crippen LogP contribution in [0.1, 0.15) is 174 Å². The molecule has 2 heterocycles. The Labute approximate surface area is 713 Å². The largest absolute Gasteiger partial charge is 0.445 e. The summed E-state index contributed by atoms with van der Waals surface area (Å²) in [6, 6.07) is 24.1. The molecule has 1 saturated heterocycles. The highest BCUT2D eigenvalue weighted by Crippen LogP contribution is 2.32. The van der Waals surface area contributed by atoms with Gasteiger partial charge in [0.1, 0.15) is 30.8 Å². The molecule has 121 heavy (non-hydrogen) atoms. The number of urea groups is 1. The predicted molar refractivity (Wildman–Crippen MR) is 458 cm³/mol. The molecular weight excluding hydrogens is 1550 g/mol. The first-order chi connectivity index (χ1) is 57.9. The molecule has 4 aromatic rings. The van der Waals surface area contributed by atoms with Crippen molar-refractivity contribution < 1.29 is 91.0 Å². The summed E-state index contributed by atoms with van der Waals surface area (Å²) < 4.78 is 40.2. The second-order valence-electron chi connectivity index (χ2n) is 32.0. The minimum atomic E-state index is -1.13. The molecule has 2 aliphatic rings. The molecule has 10 N–H and O–H groups in total. The molecule has 0 radical (unpaired) electrons. The Balaban J connectivity index is 0.886. The molecule has 0 aromatic heterocycles. The molecule has 2 aliphatic heterocycles. The van der Waals surface area contributed by atoms with Gasteiger partial charge in [-0.2, -0.15) is 0 Å². The highest BCUT2D eigenvalue weighted by atomic mass is 16.6. The Morgan fingerprint density at radius 2 is 1.20 bits per heavy atom. The quantitative estimate of drug-likeness (QED) is 0.0151. The van der Waals surface area contributed by atoms with Crippen molar-refractivity contribution in [2.75, 3.05) is 111 Å². The van der Waals surface area contributed by atoms with Crippen LogP contribution in [0.4, 0.5) is 21.0 Å². The number of ether oxygens (including phenoxy) is 7. The molecule has 4 aromatic carbocycles. The third-order valence-electron chi connectivity index (χ3n) is 21.9. The lowest BCUT2D eigenvalue weighted by molar-refractivity contribution is -0.148. The van der Waals surface area contributed by atoms with Gasteiger partial charge in [0.2, 0.25) is 53.2 Å². The topological polar surface area (TPSA) is 396 Å². The first kappa shape index (κ1) is 99.7. The number of carbonyl (C=O) groups excluding carboxylic acids is 11. The average Bonchev–Trinajstić information content (AvgIpc) is 1.76. The summed E-state index contributed by atoms with van der Waals surface area (Å²) in [5, 5.41) is 30.6. The van der Waals surface area contributed by atoms with E-state index >= 15 is 0 Å². The van der Waals surface area contributed by atoms with E-state index in [2.05, 4.69) is 49.1 Å². The van der Waals surface area contributed by atoms with Gasteiger partial charge in [-0.1, -0.05) is 153 Å². The zero-order valence-corrected chi connectivity index (χ0v) is 73.1. The number of aliphatic hydroxyl groups excluding tert-OH is 1. The van der Waals surface area contributed by atoms with Crippen LogP contribution < -0.4 is 47.9 Å². The zero-order chi connectivity index (χ0) is 88.7. The average molecular weight is 1690 g/mol. The van der Waals surface area contributed by atoms with Crippen LogP contribution in [0.3, 0.4) is 0 Å². The molecule has 0 spiro atoms. The first-order valence-corrected chi connectivity index (χ1v) is 42.4. The zero-order valence-electron chi connectivity index (χ0n) is 73.1. The summed E-state index contributed by atoms with van der Waals surface area (Å²) in [4.78, 5) is 156. The molecule has 12 amide bonds. The summed E-state index contributed by atoms with van der Waals surface area (Å²) in [6.07, 6.45) is 0.510. The Morgan fingerprint density at radius 3 is 1.83 bits per heavy atom. The summed E-state index contributed by atoms with van der Waals surface area (Å²) >= 11 is 0. The number of nitrogens with zero attached hydrogens (tertiary/aromatic N) is 4. The summed E-state index contributed by atoms with van der Waals surface area (Å²) in [6.45, 7) is 21.1. The lowest BCUT2D eigenvalue weighted by Crippen LogP contribution is -2.60. The maximum atomic E-state index is 14.9. The van der Waals surface area contributed by atoms with Gasteiger partial charge in [-0.15, -0.1) is 0 Å². The SMILES string of the molecule is CCC(C)[C@@H]([C@@H](CC(=O)N1CCC[C@H]1[C@H](OC)[C@@H](C)C(=O)N[C@H](C)[C@@H](O)c1ccccc1)OC)N(C)C(=O)[C@@H](NC(=O)[C@H](C(C)C)N(C)C(=O)OCc1ccc(NC(=O)C(CCCNC(N)=O)NC(=O)[C@@H](NC(=O)CCOCCOCCOCCOCCNC(=O)CCCCC(=O)N2Cc3ccccc3C#Cc3ccccc32)C(C)C)cc1)C(C)C. The number of hydrogen-bond donors (Lipinski definition) is 9. The molecule has 0 bridgehead atoms. The van der Waals surface area contributed by atoms with E-state index in [1.165, 1.54) is 26.2 Å². The summed E-state index contributed by atoms with van der Waals surface area (Å²) in [7, 11) is 6.08. The number of rotatable bonds is 52. The van der Waals surface area contributed by atoms with Crippen LogP contribution in [0.25, 0.3) is 0 Å². The molecule has 2 unspecified atom stereocenters. The third-order valence-corrected chi connectivity index (χ3v) is 21.9. The number of nitrogens with one attached hydrogen (secondary N) is 7. The fourth-order valence-corrected chi connectivity index (χ4v) is 14.9. The fourth-order valence-electron chi connectivity index (χ4n) is 14.9. The number of primary amides is 1. The molecule has 1 fully saturated rings. The number of nitrogens with two attached hydrogens (primary N) is 1. The van der Waals surface area contributed by atoms with Crippen LogP contribution >= 0.6 is 0 Å². The molecule has 0 saturated carbocycles. The number of benzene rings is 4. The van der Waals surface area contributed by atoms with E-state index in [-0.39, 0.29) is 94.8 Å². The van der Waals surface area contributed by atoms with Gasteiger partial charge in [-0.05, 0) is 116 Å². The van der Waals surface area contributed by atoms with Crippen molar-refractivity contribution in [3.05, 3.63) is 131 Å². The van der Waals surface area contributed by atoms with Crippen LogP contribution in [-0.4, -0.2) is 240 Å². The van der Waals surface area contributed by atoms with Gasteiger partial charge in [0.05, 0.1) is 114 Å². The van der Waals surface area contributed by atoms with Crippen molar-refractivity contribution in [2.45, 2.75) is 214 Å². The standard InChI is InChI=1S/C90H132N12O19/c1-15-61(8)81(73(115-13)55-77(106)101-46-26-34-72(101)83(116-14)62(9)84(108)94-63(10)82(107)67-29-17-16-18-30-67)99(11)88(112)79(59(4)5)98-87(111)80(60(6)7)100(12)90(114)121-57-64-37-41-69(42-38-64)95-85(109)70(32-25-44-93-89(91)113)96-86(110)78(58(2)3)97-75(104)43-47-117-49-51-119-53-54-120-52-50-118-48-45-92-74(103)35-23-24-36-76(105)102-56-68-31-20-19-27-65(68)39-40-66-28-21-22-33-71(66)102/h16-22,27-31,33,37-38,41-42,58-63,70,72-73,78-83,107H,15,23-26,32,34-36,43-57H2,1-14H3,(H,92,103)(H,94,108)(H,95,109)(H,96,110)(H,97,104)(H,98,111)(H3,91,93,113)/t61?,62-,63-,70?,72+,73-,78+,79+,80+,81+,82-,83-/m1/s1. The number of amides is 12. The van der Waals surface area contributed by atoms with E-state index in [0.717, 1.165) is 22.4 Å². The number of para-hydroxylation sites is 1. The first-order valence-electron chi connectivity index (χ1n) is 42.4. The van der Waals surface area contributed by atoms with E-state index in [0.29, 0.717) is 108 Å². The van der Waals surface area contributed by atoms with Gasteiger partial charge in [0, 0.05) is 84.0 Å². The lowest BCUT2D eigenvalue weighted by atomic mass is 9.89. The van der Waals surface area contributed by atoms with E-state index in [1.54, 1.807) is 114 Å². The maximum absolute atomic E-state index is 14.9. The normalized spacial score (nSPS) is 15.8. The lowest BCUT2D eigenvalue weighted by Gasteiger charge is -2.41. The van der Waals surface area contributed by atoms with Crippen LogP contribution in [0.15, 0.2) is 103 Å². The number of unbranched alkanes of at least 4 members (excludes halogenated alkanes) is 1. The van der Waals surface area contributed by atoms with Crippen LogP contribution in [-0.2, 0) is 89.5 Å². The Morgan fingerprint density at radius 1 is 0.587 bits per heavy atom. The number of carbonyl (C=O) groups is 11. The molecule has 6 rings (SSSR count). The van der Waals surface area contributed by atoms with Gasteiger partial charge in [-0.25, -0.2) is 9.59 Å². The van der Waals surface area contributed by atoms with Crippen LogP contribution in [0.2, 0.25) is 0 Å². The monoisotopic (exact) mass is 1680 g/mol. The van der Waals surface area contributed by atoms with Gasteiger partial charge in [-0.3, -0.25) is 48.1 Å². The summed E-state index contributed by atoms with van der Waals surface area (Å²) in [5.74, 6) is 0.876. The smallest absolute Gasteiger partial charge is 0.410 e. The van der Waals surface area contributed by atoms with Crippen LogP contribution in [0, 0.1) is 41.4 Å². The van der Waals surface area contributed by atoms with Crippen molar-refractivity contribution in [1.29, 1.82) is 0 Å². The Hall–Kier alpha value is -10.1. The van der Waals surface area contributed by atoms with E-state index in [9.17, 15) is 57.8 Å². The molecular formula is C90H132N12O19. The molecule has 31 nitrogen and oxygen atoms in total. The number of likely N-dealkylation sites (tertiary alicyclic amines) is 1.